The molecule has 0 unspecified atom stereocenters. The van der Waals surface area contributed by atoms with Crippen LogP contribution < -0.4 is 19.8 Å². The number of nitrogens with one attached hydrogen (secondary N) is 2. The number of rotatable bonds is 9. The lowest BCUT2D eigenvalue weighted by atomic mass is 10.2. The molecule has 1 amide bonds. The van der Waals surface area contributed by atoms with Crippen LogP contribution in [-0.4, -0.2) is 57.4 Å². The molecule has 176 valence electrons. The summed E-state index contributed by atoms with van der Waals surface area (Å²) in [6.07, 6.45) is -3.83. The van der Waals surface area contributed by atoms with Gasteiger partial charge in [0, 0.05) is 12.2 Å². The molecule has 2 aromatic rings. The molecule has 3 rings (SSSR count). The van der Waals surface area contributed by atoms with Gasteiger partial charge in [0.25, 0.3) is 0 Å². The van der Waals surface area contributed by atoms with Gasteiger partial charge in [-0.25, -0.2) is 4.39 Å². The highest BCUT2D eigenvalue weighted by atomic mass is 35.5. The van der Waals surface area contributed by atoms with Gasteiger partial charge in [0.05, 0.1) is 17.7 Å². The molecule has 0 radical (unpaired) electrons. The number of halogens is 5. The molecule has 1 aromatic heterocycles. The lowest BCUT2D eigenvalue weighted by Gasteiger charge is -2.27. The second kappa shape index (κ2) is 10.9. The van der Waals surface area contributed by atoms with E-state index in [1.807, 2.05) is 0 Å². The fraction of sp³-hybridized carbons (Fsp3) is 0.471. The van der Waals surface area contributed by atoms with E-state index in [0.29, 0.717) is 12.6 Å². The molecule has 0 saturated carbocycles. The van der Waals surface area contributed by atoms with Gasteiger partial charge in [0.1, 0.15) is 18.2 Å². The van der Waals surface area contributed by atoms with Crippen molar-refractivity contribution in [2.45, 2.75) is 24.9 Å². The molecule has 1 aliphatic rings. The van der Waals surface area contributed by atoms with Crippen LogP contribution >= 0.6 is 11.6 Å². The zero-order valence-electron chi connectivity index (χ0n) is 16.5. The minimum atomic E-state index is -4.73. The van der Waals surface area contributed by atoms with E-state index in [2.05, 4.69) is 25.2 Å². The number of benzene rings is 1. The number of carbonyl (C=O) groups excluding carboxylic acids is 1. The van der Waals surface area contributed by atoms with Gasteiger partial charge in [0.15, 0.2) is 15.6 Å². The van der Waals surface area contributed by atoms with E-state index in [1.165, 1.54) is 12.1 Å². The molecule has 2 heterocycles. The number of aromatic nitrogens is 2. The molecule has 2 atom stereocenters. The summed E-state index contributed by atoms with van der Waals surface area (Å²) in [5, 5.41) is 10.6. The molecule has 0 bridgehead atoms. The van der Waals surface area contributed by atoms with Crippen LogP contribution in [0.2, 0.25) is 11.1 Å². The third-order valence-corrected chi connectivity index (χ3v) is 7.13. The summed E-state index contributed by atoms with van der Waals surface area (Å²) in [4.78, 5) is 15.0. The van der Waals surface area contributed by atoms with E-state index in [0.717, 1.165) is 12.1 Å². The topological polar surface area (TPSA) is 108 Å². The average Bonchev–Trinajstić information content (AvgIpc) is 3.21. The molecule has 0 aliphatic carbocycles. The van der Waals surface area contributed by atoms with Crippen molar-refractivity contribution in [3.05, 3.63) is 34.9 Å². The summed E-state index contributed by atoms with van der Waals surface area (Å²) >= 11 is 5.60. The second-order valence-electron chi connectivity index (χ2n) is 6.72. The first-order chi connectivity index (χ1) is 15.2. The Morgan fingerprint density at radius 2 is 2.12 bits per heavy atom. The third kappa shape index (κ3) is 7.61. The standard InChI is InChI=1S/C17H19ClF4N4O5Si/c18-11-2-1-10(7-12(11)19)29-8-14(27)26-32-6-3-13(23-9-32)15-24-25-16(31-15)28-4-5-30-17(20,21)22/h1-2,7,13,23,32H,3-6,8-9H2,(H,26,27)/t13-,32+/m1/s1. The summed E-state index contributed by atoms with van der Waals surface area (Å²) in [5.41, 5.74) is 0. The van der Waals surface area contributed by atoms with Crippen LogP contribution in [0.3, 0.4) is 0 Å². The Bertz CT molecular complexity index is 911. The zero-order valence-corrected chi connectivity index (χ0v) is 18.4. The van der Waals surface area contributed by atoms with Crippen LogP contribution in [0.15, 0.2) is 22.6 Å². The maximum absolute atomic E-state index is 13.4. The molecule has 1 aliphatic heterocycles. The zero-order chi connectivity index (χ0) is 23.1. The monoisotopic (exact) mass is 498 g/mol. The van der Waals surface area contributed by atoms with Crippen LogP contribution in [0.1, 0.15) is 18.4 Å². The van der Waals surface area contributed by atoms with Gasteiger partial charge < -0.3 is 24.2 Å². The number of alkyl halides is 3. The average molecular weight is 499 g/mol. The van der Waals surface area contributed by atoms with Crippen molar-refractivity contribution in [1.29, 1.82) is 0 Å². The third-order valence-electron chi connectivity index (χ3n) is 4.34. The minimum absolute atomic E-state index is 0.0348. The van der Waals surface area contributed by atoms with Crippen molar-refractivity contribution in [2.75, 3.05) is 26.0 Å². The first-order valence-electron chi connectivity index (χ1n) is 9.47. The van der Waals surface area contributed by atoms with Crippen molar-refractivity contribution in [3.8, 4) is 11.8 Å². The number of amides is 1. The number of carbonyl (C=O) groups is 1. The molecular formula is C17H19ClF4N4O5Si. The lowest BCUT2D eigenvalue weighted by molar-refractivity contribution is -0.325. The summed E-state index contributed by atoms with van der Waals surface area (Å²) in [7, 11) is -1.65. The highest BCUT2D eigenvalue weighted by molar-refractivity contribution is 6.59. The Morgan fingerprint density at radius 1 is 1.31 bits per heavy atom. The van der Waals surface area contributed by atoms with Crippen LogP contribution in [-0.2, 0) is 9.53 Å². The lowest BCUT2D eigenvalue weighted by Crippen LogP contribution is -2.51. The molecule has 1 aromatic carbocycles. The molecular weight excluding hydrogens is 480 g/mol. The van der Waals surface area contributed by atoms with Gasteiger partial charge >= 0.3 is 12.4 Å². The summed E-state index contributed by atoms with van der Waals surface area (Å²) in [6.45, 7) is -1.35. The molecule has 1 fully saturated rings. The Balaban J connectivity index is 1.36. The fourth-order valence-electron chi connectivity index (χ4n) is 2.88. The summed E-state index contributed by atoms with van der Waals surface area (Å²) < 4.78 is 68.2. The van der Waals surface area contributed by atoms with Gasteiger partial charge in [-0.2, -0.15) is 0 Å². The fourth-order valence-corrected chi connectivity index (χ4v) is 5.29. The second-order valence-corrected chi connectivity index (χ2v) is 9.79. The summed E-state index contributed by atoms with van der Waals surface area (Å²) in [6, 6.07) is 4.38. The van der Waals surface area contributed by atoms with E-state index in [1.54, 1.807) is 0 Å². The van der Waals surface area contributed by atoms with Crippen molar-refractivity contribution in [1.82, 2.24) is 20.5 Å². The Morgan fingerprint density at radius 3 is 2.81 bits per heavy atom. The van der Waals surface area contributed by atoms with Crippen LogP contribution in [0, 0.1) is 5.82 Å². The van der Waals surface area contributed by atoms with Crippen molar-refractivity contribution < 1.29 is 41.0 Å². The van der Waals surface area contributed by atoms with E-state index in [4.69, 9.17) is 25.5 Å². The minimum Gasteiger partial charge on any atom is -0.484 e. The molecule has 2 N–H and O–H groups in total. The number of ether oxygens (including phenoxy) is 3. The molecule has 32 heavy (non-hydrogen) atoms. The van der Waals surface area contributed by atoms with Crippen molar-refractivity contribution >= 4 is 26.5 Å². The maximum atomic E-state index is 13.4. The molecule has 1 saturated heterocycles. The molecule has 0 spiro atoms. The van der Waals surface area contributed by atoms with E-state index in [-0.39, 0.29) is 41.3 Å². The quantitative estimate of drug-likeness (QED) is 0.308. The van der Waals surface area contributed by atoms with Crippen LogP contribution in [0.25, 0.3) is 0 Å². The molecule has 9 nitrogen and oxygen atoms in total. The van der Waals surface area contributed by atoms with Crippen molar-refractivity contribution in [2.24, 2.45) is 0 Å². The van der Waals surface area contributed by atoms with Gasteiger partial charge in [-0.3, -0.25) is 9.53 Å². The maximum Gasteiger partial charge on any atom is 0.522 e. The Hall–Kier alpha value is -2.42. The summed E-state index contributed by atoms with van der Waals surface area (Å²) in [5.74, 6) is -0.508. The van der Waals surface area contributed by atoms with Crippen molar-refractivity contribution in [3.63, 3.8) is 0 Å². The van der Waals surface area contributed by atoms with Crippen LogP contribution in [0.4, 0.5) is 17.6 Å². The van der Waals surface area contributed by atoms with E-state index < -0.39 is 34.4 Å². The Labute approximate surface area is 186 Å². The first-order valence-corrected chi connectivity index (χ1v) is 12.1. The van der Waals surface area contributed by atoms with E-state index in [9.17, 15) is 22.4 Å². The van der Waals surface area contributed by atoms with Gasteiger partial charge in [-0.15, -0.1) is 18.3 Å². The highest BCUT2D eigenvalue weighted by Crippen LogP contribution is 2.24. The number of hydrogen-bond donors (Lipinski definition) is 2. The number of nitrogens with zero attached hydrogens (tertiary/aromatic N) is 2. The SMILES string of the molecule is O=C(COc1ccc(Cl)c(F)c1)N[Si@H]1CC[C@H](c2nnc(OCCOC(F)(F)F)o2)NC1. The largest absolute Gasteiger partial charge is 0.522 e. The van der Waals surface area contributed by atoms with E-state index >= 15 is 0 Å². The first kappa shape index (κ1) is 24.2. The van der Waals surface area contributed by atoms with Gasteiger partial charge in [-0.1, -0.05) is 16.7 Å². The highest BCUT2D eigenvalue weighted by Gasteiger charge is 2.30. The van der Waals surface area contributed by atoms with Gasteiger partial charge in [-0.05, 0) is 24.6 Å². The van der Waals surface area contributed by atoms with Gasteiger partial charge in [0.2, 0.25) is 11.8 Å². The molecule has 15 heteroatoms. The normalized spacial score (nSPS) is 18.9. The Kier molecular flexibility index (Phi) is 8.28. The predicted molar refractivity (Wildman–Crippen MR) is 104 cm³/mol. The smallest absolute Gasteiger partial charge is 0.484 e. The number of hydrogen-bond acceptors (Lipinski definition) is 8. The predicted octanol–water partition coefficient (Wildman–Crippen LogP) is 2.27. The van der Waals surface area contributed by atoms with Crippen LogP contribution in [0.5, 0.6) is 11.8 Å².